The van der Waals surface area contributed by atoms with Crippen LogP contribution >= 0.6 is 0 Å². The third-order valence-electron chi connectivity index (χ3n) is 10.5. The molecule has 2 rings (SSSR count). The molecule has 0 fully saturated rings. The summed E-state index contributed by atoms with van der Waals surface area (Å²) < 4.78 is 0. The fourth-order valence-electron chi connectivity index (χ4n) is 7.07. The highest BCUT2D eigenvalue weighted by Gasteiger charge is 2.27. The van der Waals surface area contributed by atoms with Crippen LogP contribution in [0.1, 0.15) is 239 Å². The van der Waals surface area contributed by atoms with E-state index in [0.717, 1.165) is 35.1 Å². The lowest BCUT2D eigenvalue weighted by Crippen LogP contribution is -2.18. The van der Waals surface area contributed by atoms with Gasteiger partial charge in [-0.2, -0.15) is 0 Å². The molecule has 0 atom stereocenters. The van der Waals surface area contributed by atoms with Crippen molar-refractivity contribution in [1.29, 1.82) is 0 Å². The number of phenols is 2. The van der Waals surface area contributed by atoms with Crippen LogP contribution in [0.15, 0.2) is 24.3 Å². The smallest absolute Gasteiger partial charge is 0.123 e. The number of hydrogen-bond donors (Lipinski definition) is 2. The predicted molar refractivity (Wildman–Crippen MR) is 228 cm³/mol. The molecule has 0 bridgehead atoms. The van der Waals surface area contributed by atoms with E-state index in [0.29, 0.717) is 11.5 Å². The van der Waals surface area contributed by atoms with Gasteiger partial charge < -0.3 is 10.2 Å². The molecule has 0 aliphatic heterocycles. The number of unbranched alkanes of at least 4 members (excludes halogenated alkanes) is 15. The van der Waals surface area contributed by atoms with Crippen molar-refractivity contribution in [3.05, 3.63) is 57.6 Å². The summed E-state index contributed by atoms with van der Waals surface area (Å²) in [6.07, 6.45) is 25.4. The van der Waals surface area contributed by atoms with Gasteiger partial charge in [-0.3, -0.25) is 0 Å². The Kier molecular flexibility index (Phi) is 20.6. The predicted octanol–water partition coefficient (Wildman–Crippen LogP) is 15.7. The second-order valence-electron chi connectivity index (χ2n) is 19.9. The van der Waals surface area contributed by atoms with Crippen molar-refractivity contribution in [2.75, 3.05) is 0 Å². The number of hydrogen-bond acceptors (Lipinski definition) is 2. The summed E-state index contributed by atoms with van der Waals surface area (Å²) in [6.45, 7) is 30.8. The summed E-state index contributed by atoms with van der Waals surface area (Å²) in [5, 5.41) is 21.6. The lowest BCUT2D eigenvalue weighted by atomic mass is 9.78. The molecule has 0 heterocycles. The van der Waals surface area contributed by atoms with E-state index >= 15 is 0 Å². The van der Waals surface area contributed by atoms with Crippen LogP contribution in [-0.2, 0) is 34.5 Å². The van der Waals surface area contributed by atoms with Crippen molar-refractivity contribution in [2.24, 2.45) is 0 Å². The molecule has 0 radical (unpaired) electrons. The first kappa shape index (κ1) is 47.1. The SMILES string of the molecule is CCCCCCCCCCCc1cc(C(C)(C)C)c(O)c(C(C)(C)C)c1.CCCCCCCCCCc1cc(C(C)(C)C)c(O)c(C(C)(C)C)c1. The number of aryl methyl sites for hydroxylation is 2. The normalized spacial score (nSPS) is 12.6. The van der Waals surface area contributed by atoms with E-state index in [1.165, 1.54) is 120 Å². The molecule has 0 unspecified atom stereocenters. The Morgan fingerprint density at radius 2 is 0.529 bits per heavy atom. The molecular formula is C49H86O2. The minimum Gasteiger partial charge on any atom is -0.507 e. The first-order chi connectivity index (χ1) is 23.6. The van der Waals surface area contributed by atoms with Crippen LogP contribution in [0.25, 0.3) is 0 Å². The molecule has 0 aliphatic carbocycles. The van der Waals surface area contributed by atoms with Crippen molar-refractivity contribution in [1.82, 2.24) is 0 Å². The Balaban J connectivity index is 0.000000510. The van der Waals surface area contributed by atoms with Crippen molar-refractivity contribution in [3.8, 4) is 11.5 Å². The summed E-state index contributed by atoms with van der Waals surface area (Å²) in [4.78, 5) is 0. The van der Waals surface area contributed by atoms with Crippen molar-refractivity contribution in [2.45, 2.75) is 241 Å². The molecule has 2 aromatic rings. The molecule has 0 saturated heterocycles. The first-order valence-corrected chi connectivity index (χ1v) is 21.4. The van der Waals surface area contributed by atoms with Gasteiger partial charge in [-0.15, -0.1) is 0 Å². The van der Waals surface area contributed by atoms with Crippen LogP contribution in [0.2, 0.25) is 0 Å². The second-order valence-corrected chi connectivity index (χ2v) is 19.9. The fraction of sp³-hybridized carbons (Fsp3) is 0.755. The van der Waals surface area contributed by atoms with E-state index in [1.54, 1.807) is 0 Å². The van der Waals surface area contributed by atoms with E-state index in [-0.39, 0.29) is 21.7 Å². The monoisotopic (exact) mass is 707 g/mol. The largest absolute Gasteiger partial charge is 0.507 e. The summed E-state index contributed by atoms with van der Waals surface area (Å²) in [5.74, 6) is 1.00. The average molecular weight is 707 g/mol. The van der Waals surface area contributed by atoms with Crippen LogP contribution in [0.5, 0.6) is 11.5 Å². The number of rotatable bonds is 19. The van der Waals surface area contributed by atoms with Crippen LogP contribution in [0.3, 0.4) is 0 Å². The van der Waals surface area contributed by atoms with E-state index in [2.05, 4.69) is 121 Å². The molecule has 2 aromatic carbocycles. The van der Waals surface area contributed by atoms with Gasteiger partial charge >= 0.3 is 0 Å². The van der Waals surface area contributed by atoms with Gasteiger partial charge in [0.15, 0.2) is 0 Å². The maximum atomic E-state index is 10.8. The maximum Gasteiger partial charge on any atom is 0.123 e. The van der Waals surface area contributed by atoms with Gasteiger partial charge in [0.1, 0.15) is 11.5 Å². The quantitative estimate of drug-likeness (QED) is 0.143. The summed E-state index contributed by atoms with van der Waals surface area (Å²) >= 11 is 0. The van der Waals surface area contributed by atoms with Gasteiger partial charge in [-0.25, -0.2) is 0 Å². The Morgan fingerprint density at radius 3 is 0.725 bits per heavy atom. The molecule has 0 saturated carbocycles. The van der Waals surface area contributed by atoms with Gasteiger partial charge in [0.05, 0.1) is 0 Å². The minimum atomic E-state index is -0.0292. The Hall–Kier alpha value is -1.96. The fourth-order valence-corrected chi connectivity index (χ4v) is 7.07. The van der Waals surface area contributed by atoms with E-state index in [9.17, 15) is 10.2 Å². The standard InChI is InChI=1S/C25H44O.C24H42O/c1-8-9-10-11-12-13-14-15-16-17-20-18-21(24(2,3)4)23(26)22(19-20)25(5,6)7;1-8-9-10-11-12-13-14-15-16-19-17-20(23(2,3)4)22(25)21(18-19)24(5,6)7/h18-19,26H,8-17H2,1-7H3;17-18,25H,8-16H2,1-7H3. The molecule has 2 nitrogen and oxygen atoms in total. The van der Waals surface area contributed by atoms with Gasteiger partial charge in [0.25, 0.3) is 0 Å². The first-order valence-electron chi connectivity index (χ1n) is 21.4. The summed E-state index contributed by atoms with van der Waals surface area (Å²) in [5.41, 5.74) is 7.03. The molecule has 51 heavy (non-hydrogen) atoms. The maximum absolute atomic E-state index is 10.8. The van der Waals surface area contributed by atoms with Crippen molar-refractivity contribution in [3.63, 3.8) is 0 Å². The van der Waals surface area contributed by atoms with Gasteiger partial charge in [-0.1, -0.05) is 218 Å². The Morgan fingerprint density at radius 1 is 0.333 bits per heavy atom. The lowest BCUT2D eigenvalue weighted by Gasteiger charge is -2.28. The Labute approximate surface area is 319 Å². The van der Waals surface area contributed by atoms with E-state index in [1.807, 2.05) is 0 Å². The highest BCUT2D eigenvalue weighted by molar-refractivity contribution is 5.51. The Bertz CT molecular complexity index is 1170. The lowest BCUT2D eigenvalue weighted by molar-refractivity contribution is 0.421. The number of phenolic OH excluding ortho intramolecular Hbond substituents is 2. The van der Waals surface area contributed by atoms with Crippen molar-refractivity contribution < 1.29 is 10.2 Å². The molecule has 0 spiro atoms. The third-order valence-corrected chi connectivity index (χ3v) is 10.5. The molecule has 0 aromatic heterocycles. The topological polar surface area (TPSA) is 40.5 Å². The summed E-state index contributed by atoms with van der Waals surface area (Å²) in [6, 6.07) is 8.97. The third kappa shape index (κ3) is 18.1. The average Bonchev–Trinajstić information content (AvgIpc) is 3.00. The molecule has 0 amide bonds. The molecular weight excluding hydrogens is 621 g/mol. The van der Waals surface area contributed by atoms with Crippen LogP contribution in [0, 0.1) is 0 Å². The molecule has 2 N–H and O–H groups in total. The highest BCUT2D eigenvalue weighted by atomic mass is 16.3. The highest BCUT2D eigenvalue weighted by Crippen LogP contribution is 2.41. The zero-order valence-electron chi connectivity index (χ0n) is 36.6. The minimum absolute atomic E-state index is 0.0284. The van der Waals surface area contributed by atoms with E-state index in [4.69, 9.17) is 0 Å². The molecule has 294 valence electrons. The van der Waals surface area contributed by atoms with Crippen LogP contribution < -0.4 is 0 Å². The van der Waals surface area contributed by atoms with Crippen molar-refractivity contribution >= 4 is 0 Å². The molecule has 2 heteroatoms. The molecule has 0 aliphatic rings. The van der Waals surface area contributed by atoms with Gasteiger partial charge in [0.2, 0.25) is 0 Å². The van der Waals surface area contributed by atoms with Gasteiger partial charge in [0, 0.05) is 0 Å². The number of aromatic hydroxyl groups is 2. The van der Waals surface area contributed by atoms with Crippen LogP contribution in [-0.4, -0.2) is 10.2 Å². The summed E-state index contributed by atoms with van der Waals surface area (Å²) in [7, 11) is 0. The van der Waals surface area contributed by atoms with E-state index < -0.39 is 0 Å². The zero-order valence-corrected chi connectivity index (χ0v) is 36.6. The zero-order chi connectivity index (χ0) is 38.9. The van der Waals surface area contributed by atoms with Gasteiger partial charge in [-0.05, 0) is 80.7 Å². The van der Waals surface area contributed by atoms with Crippen LogP contribution in [0.4, 0.5) is 0 Å². The second kappa shape index (κ2) is 22.3. The number of benzene rings is 2.